The van der Waals surface area contributed by atoms with Gasteiger partial charge in [0.1, 0.15) is 0 Å². The molecule has 0 spiro atoms. The Morgan fingerprint density at radius 3 is 2.76 bits per heavy atom. The van der Waals surface area contributed by atoms with Crippen molar-refractivity contribution in [2.75, 3.05) is 7.05 Å². The van der Waals surface area contributed by atoms with E-state index in [1.165, 1.54) is 11.4 Å². The smallest absolute Gasteiger partial charge is 0.307 e. The maximum Gasteiger partial charge on any atom is 0.307 e. The molecule has 0 amide bonds. The summed E-state index contributed by atoms with van der Waals surface area (Å²) in [6, 6.07) is 7.42. The summed E-state index contributed by atoms with van der Waals surface area (Å²) in [7, 11) is -2.10. The first-order chi connectivity index (χ1) is 9.82. The van der Waals surface area contributed by atoms with Gasteiger partial charge in [-0.25, -0.2) is 12.7 Å². The second kappa shape index (κ2) is 6.46. The van der Waals surface area contributed by atoms with Crippen LogP contribution in [0, 0.1) is 5.92 Å². The Kier molecular flexibility index (Phi) is 5.06. The van der Waals surface area contributed by atoms with E-state index in [1.807, 2.05) is 24.3 Å². The molecule has 0 heterocycles. The second-order valence-corrected chi connectivity index (χ2v) is 8.52. The van der Waals surface area contributed by atoms with Crippen LogP contribution in [-0.4, -0.2) is 36.1 Å². The molecule has 0 aromatic heterocycles. The highest BCUT2D eigenvalue weighted by Crippen LogP contribution is 2.33. The minimum absolute atomic E-state index is 0.241. The van der Waals surface area contributed by atoms with E-state index in [-0.39, 0.29) is 6.54 Å². The maximum atomic E-state index is 12.6. The molecule has 1 fully saturated rings. The lowest BCUT2D eigenvalue weighted by molar-refractivity contribution is -0.141. The van der Waals surface area contributed by atoms with Crippen LogP contribution in [-0.2, 0) is 21.4 Å². The van der Waals surface area contributed by atoms with E-state index in [0.29, 0.717) is 19.3 Å². The van der Waals surface area contributed by atoms with Gasteiger partial charge in [-0.05, 0) is 30.5 Å². The van der Waals surface area contributed by atoms with Gasteiger partial charge < -0.3 is 5.11 Å². The third-order valence-corrected chi connectivity index (χ3v) is 6.70. The maximum absolute atomic E-state index is 12.6. The fraction of sp³-hybridized carbons (Fsp3) is 0.500. The van der Waals surface area contributed by atoms with E-state index >= 15 is 0 Å². The van der Waals surface area contributed by atoms with E-state index in [1.54, 1.807) is 0 Å². The van der Waals surface area contributed by atoms with E-state index in [2.05, 4.69) is 15.9 Å². The van der Waals surface area contributed by atoms with Gasteiger partial charge in [0.05, 0.1) is 11.2 Å². The first kappa shape index (κ1) is 16.5. The van der Waals surface area contributed by atoms with Crippen molar-refractivity contribution in [1.29, 1.82) is 0 Å². The zero-order valence-corrected chi connectivity index (χ0v) is 14.1. The lowest BCUT2D eigenvalue weighted by Gasteiger charge is -2.24. The molecule has 0 radical (unpaired) electrons. The summed E-state index contributed by atoms with van der Waals surface area (Å²) in [5.41, 5.74) is 0.861. The number of halogens is 1. The summed E-state index contributed by atoms with van der Waals surface area (Å²) < 4.78 is 27.3. The van der Waals surface area contributed by atoms with Crippen LogP contribution < -0.4 is 0 Å². The number of benzene rings is 1. The van der Waals surface area contributed by atoms with E-state index < -0.39 is 27.2 Å². The number of hydrogen-bond donors (Lipinski definition) is 1. The monoisotopic (exact) mass is 375 g/mol. The van der Waals surface area contributed by atoms with Gasteiger partial charge in [0.15, 0.2) is 0 Å². The van der Waals surface area contributed by atoms with Gasteiger partial charge in [0, 0.05) is 18.1 Å². The molecule has 1 saturated carbocycles. The number of aliphatic carboxylic acids is 1. The highest BCUT2D eigenvalue weighted by molar-refractivity contribution is 9.10. The molecule has 1 N–H and O–H groups in total. The predicted molar refractivity (Wildman–Crippen MR) is 83.3 cm³/mol. The molecular formula is C14H18BrNO4S. The molecule has 7 heteroatoms. The highest BCUT2D eigenvalue weighted by Gasteiger charge is 2.43. The van der Waals surface area contributed by atoms with E-state index in [9.17, 15) is 13.2 Å². The third-order valence-electron chi connectivity index (χ3n) is 3.88. The molecular weight excluding hydrogens is 358 g/mol. The zero-order chi connectivity index (χ0) is 15.6. The van der Waals surface area contributed by atoms with Crippen molar-refractivity contribution in [3.05, 3.63) is 34.3 Å². The Bertz CT molecular complexity index is 632. The summed E-state index contributed by atoms with van der Waals surface area (Å²) in [6.45, 7) is 0.241. The molecule has 5 nitrogen and oxygen atoms in total. The second-order valence-electron chi connectivity index (χ2n) is 5.34. The average molecular weight is 376 g/mol. The van der Waals surface area contributed by atoms with E-state index in [4.69, 9.17) is 5.11 Å². The minimum atomic E-state index is -3.61. The van der Waals surface area contributed by atoms with Crippen molar-refractivity contribution in [2.24, 2.45) is 5.92 Å². The quantitative estimate of drug-likeness (QED) is 0.857. The fourth-order valence-electron chi connectivity index (χ4n) is 2.78. The summed E-state index contributed by atoms with van der Waals surface area (Å²) in [5.74, 6) is -1.81. The van der Waals surface area contributed by atoms with Crippen molar-refractivity contribution >= 4 is 31.9 Å². The largest absolute Gasteiger partial charge is 0.481 e. The highest BCUT2D eigenvalue weighted by atomic mass is 79.9. The SMILES string of the molecule is CN(Cc1cccc(Br)c1)S(=O)(=O)C1CCCC1C(=O)O. The number of hydrogen-bond acceptors (Lipinski definition) is 3. The molecule has 1 aromatic rings. The van der Waals surface area contributed by atoms with Gasteiger partial charge in [0.25, 0.3) is 0 Å². The molecule has 0 saturated heterocycles. The van der Waals surface area contributed by atoms with Gasteiger partial charge in [-0.15, -0.1) is 0 Å². The van der Waals surface area contributed by atoms with Crippen LogP contribution in [0.2, 0.25) is 0 Å². The van der Waals surface area contributed by atoms with Crippen LogP contribution in [0.4, 0.5) is 0 Å². The molecule has 2 rings (SSSR count). The van der Waals surface area contributed by atoms with Crippen molar-refractivity contribution < 1.29 is 18.3 Å². The first-order valence-corrected chi connectivity index (χ1v) is 9.04. The number of carbonyl (C=O) groups is 1. The summed E-state index contributed by atoms with van der Waals surface area (Å²) in [4.78, 5) is 11.2. The van der Waals surface area contributed by atoms with Gasteiger partial charge in [-0.3, -0.25) is 4.79 Å². The molecule has 0 aliphatic heterocycles. The number of rotatable bonds is 5. The van der Waals surface area contributed by atoms with Gasteiger partial charge in [-0.2, -0.15) is 0 Å². The molecule has 116 valence electrons. The van der Waals surface area contributed by atoms with Gasteiger partial charge in [-0.1, -0.05) is 34.5 Å². The number of sulfonamides is 1. The van der Waals surface area contributed by atoms with Crippen molar-refractivity contribution in [3.63, 3.8) is 0 Å². The topological polar surface area (TPSA) is 74.7 Å². The molecule has 1 aliphatic carbocycles. The number of carboxylic acid groups (broad SMARTS) is 1. The van der Waals surface area contributed by atoms with Crippen LogP contribution in [0.5, 0.6) is 0 Å². The Balaban J connectivity index is 2.17. The van der Waals surface area contributed by atoms with E-state index in [0.717, 1.165) is 10.0 Å². The Morgan fingerprint density at radius 2 is 2.14 bits per heavy atom. The Morgan fingerprint density at radius 1 is 1.43 bits per heavy atom. The molecule has 2 atom stereocenters. The lowest BCUT2D eigenvalue weighted by atomic mass is 10.1. The fourth-order valence-corrected chi connectivity index (χ4v) is 5.15. The van der Waals surface area contributed by atoms with Crippen molar-refractivity contribution in [2.45, 2.75) is 31.1 Å². The van der Waals surface area contributed by atoms with Crippen LogP contribution in [0.25, 0.3) is 0 Å². The summed E-state index contributed by atoms with van der Waals surface area (Å²) >= 11 is 3.35. The Labute approximate surface area is 133 Å². The standard InChI is InChI=1S/C14H18BrNO4S/c1-16(9-10-4-2-5-11(15)8-10)21(19,20)13-7-3-6-12(13)14(17)18/h2,4-5,8,12-13H,3,6-7,9H2,1H3,(H,17,18). The van der Waals surface area contributed by atoms with Crippen LogP contribution in [0.1, 0.15) is 24.8 Å². The van der Waals surface area contributed by atoms with Crippen LogP contribution >= 0.6 is 15.9 Å². The molecule has 1 aromatic carbocycles. The van der Waals surface area contributed by atoms with Crippen LogP contribution in [0.15, 0.2) is 28.7 Å². The number of nitrogens with zero attached hydrogens (tertiary/aromatic N) is 1. The average Bonchev–Trinajstić information content (AvgIpc) is 2.88. The predicted octanol–water partition coefficient (Wildman–Crippen LogP) is 2.46. The molecule has 0 bridgehead atoms. The molecule has 1 aliphatic rings. The normalized spacial score (nSPS) is 22.6. The third kappa shape index (κ3) is 3.64. The van der Waals surface area contributed by atoms with Gasteiger partial charge >= 0.3 is 5.97 Å². The van der Waals surface area contributed by atoms with Gasteiger partial charge in [0.2, 0.25) is 10.0 Å². The lowest BCUT2D eigenvalue weighted by Crippen LogP contribution is -2.39. The van der Waals surface area contributed by atoms with Crippen LogP contribution in [0.3, 0.4) is 0 Å². The summed E-state index contributed by atoms with van der Waals surface area (Å²) in [5, 5.41) is 8.35. The summed E-state index contributed by atoms with van der Waals surface area (Å²) in [6.07, 6.45) is 1.50. The first-order valence-electron chi connectivity index (χ1n) is 6.75. The minimum Gasteiger partial charge on any atom is -0.481 e. The van der Waals surface area contributed by atoms with Crippen molar-refractivity contribution in [1.82, 2.24) is 4.31 Å². The zero-order valence-electron chi connectivity index (χ0n) is 11.7. The van der Waals surface area contributed by atoms with Crippen molar-refractivity contribution in [3.8, 4) is 0 Å². The molecule has 2 unspecified atom stereocenters. The number of carboxylic acids is 1. The Hall–Kier alpha value is -0.920. The molecule has 21 heavy (non-hydrogen) atoms.